The largest absolute Gasteiger partial charge is 0.467 e. The van der Waals surface area contributed by atoms with Crippen LogP contribution in [0.3, 0.4) is 0 Å². The topological polar surface area (TPSA) is 94.7 Å². The van der Waals surface area contributed by atoms with Crippen molar-refractivity contribution < 1.29 is 18.7 Å². The summed E-state index contributed by atoms with van der Waals surface area (Å²) in [5, 5.41) is 12.1. The molecule has 0 spiro atoms. The molecule has 0 bridgehead atoms. The van der Waals surface area contributed by atoms with Crippen LogP contribution >= 0.6 is 11.8 Å². The van der Waals surface area contributed by atoms with Gasteiger partial charge in [0.25, 0.3) is 0 Å². The number of ether oxygens (including phenoxy) is 2. The molecule has 1 unspecified atom stereocenters. The molecule has 1 N–H and O–H groups in total. The number of benzene rings is 1. The van der Waals surface area contributed by atoms with E-state index in [1.165, 1.54) is 18.2 Å². The van der Waals surface area contributed by atoms with Gasteiger partial charge in [0.2, 0.25) is 18.6 Å². The van der Waals surface area contributed by atoms with E-state index >= 15 is 0 Å². The van der Waals surface area contributed by atoms with Gasteiger partial charge < -0.3 is 24.1 Å². The van der Waals surface area contributed by atoms with Crippen LogP contribution in [0.25, 0.3) is 0 Å². The lowest BCUT2D eigenvalue weighted by atomic mass is 10.1. The normalized spacial score (nSPS) is 16.2. The van der Waals surface area contributed by atoms with Crippen LogP contribution in [0, 0.1) is 0 Å². The molecular weight excluding hydrogens is 430 g/mol. The van der Waals surface area contributed by atoms with E-state index in [-0.39, 0.29) is 18.0 Å². The Labute approximate surface area is 190 Å². The Morgan fingerprint density at radius 2 is 2.00 bits per heavy atom. The molecule has 2 aliphatic rings. The number of rotatable bonds is 7. The predicted molar refractivity (Wildman–Crippen MR) is 120 cm³/mol. The molecule has 9 nitrogen and oxygen atoms in total. The van der Waals surface area contributed by atoms with Crippen molar-refractivity contribution in [3.05, 3.63) is 42.4 Å². The van der Waals surface area contributed by atoms with E-state index in [1.54, 1.807) is 24.5 Å². The third kappa shape index (κ3) is 4.40. The third-order valence-electron chi connectivity index (χ3n) is 5.52. The van der Waals surface area contributed by atoms with E-state index < -0.39 is 0 Å². The highest BCUT2D eigenvalue weighted by molar-refractivity contribution is 8.00. The maximum Gasteiger partial charge on any atom is 0.237 e. The first-order chi connectivity index (χ1) is 15.7. The number of nitrogens with one attached hydrogen (secondary N) is 1. The van der Waals surface area contributed by atoms with Crippen molar-refractivity contribution in [3.63, 3.8) is 0 Å². The summed E-state index contributed by atoms with van der Waals surface area (Å²) in [7, 11) is 0. The molecule has 4 heterocycles. The minimum absolute atomic E-state index is 0.124. The lowest BCUT2D eigenvalue weighted by Crippen LogP contribution is -2.32. The summed E-state index contributed by atoms with van der Waals surface area (Å²) in [5.41, 5.74) is 0.665. The van der Waals surface area contributed by atoms with E-state index in [2.05, 4.69) is 20.4 Å². The Balaban J connectivity index is 1.32. The van der Waals surface area contributed by atoms with Gasteiger partial charge >= 0.3 is 0 Å². The zero-order chi connectivity index (χ0) is 21.9. The second-order valence-electron chi connectivity index (χ2n) is 7.81. The molecule has 168 valence electrons. The zero-order valence-electron chi connectivity index (χ0n) is 17.8. The van der Waals surface area contributed by atoms with Crippen LogP contribution in [0.2, 0.25) is 0 Å². The maximum absolute atomic E-state index is 12.9. The first-order valence-corrected chi connectivity index (χ1v) is 11.6. The molecule has 0 aliphatic carbocycles. The molecule has 1 amide bonds. The van der Waals surface area contributed by atoms with Crippen molar-refractivity contribution in [2.24, 2.45) is 0 Å². The summed E-state index contributed by atoms with van der Waals surface area (Å²) < 4.78 is 18.3. The van der Waals surface area contributed by atoms with Crippen LogP contribution < -0.4 is 19.7 Å². The summed E-state index contributed by atoms with van der Waals surface area (Å²) >= 11 is 1.38. The number of hydrogen-bond donors (Lipinski definition) is 1. The number of amides is 1. The summed E-state index contributed by atoms with van der Waals surface area (Å²) in [6.45, 7) is 4.50. The Kier molecular flexibility index (Phi) is 5.93. The SMILES string of the molecule is CC(Sc1nnc(N2CCCCC2)n1Cc1ccco1)C(=O)Nc1ccc2c(c1)OCO2. The number of nitrogens with zero attached hydrogens (tertiary/aromatic N) is 4. The number of fused-ring (bicyclic) bond motifs is 1. The number of hydrogen-bond acceptors (Lipinski definition) is 8. The first kappa shape index (κ1) is 20.7. The second kappa shape index (κ2) is 9.15. The molecule has 2 aliphatic heterocycles. The Hall–Kier alpha value is -3.14. The van der Waals surface area contributed by atoms with Gasteiger partial charge in [0, 0.05) is 24.8 Å². The van der Waals surface area contributed by atoms with Crippen molar-refractivity contribution in [3.8, 4) is 11.5 Å². The molecule has 1 saturated heterocycles. The monoisotopic (exact) mass is 455 g/mol. The number of piperidine rings is 1. The summed E-state index contributed by atoms with van der Waals surface area (Å²) in [6.07, 6.45) is 5.19. The number of furan rings is 1. The number of anilines is 2. The Bertz CT molecular complexity index is 1080. The predicted octanol–water partition coefficient (Wildman–Crippen LogP) is 3.76. The van der Waals surface area contributed by atoms with Gasteiger partial charge in [0.15, 0.2) is 16.7 Å². The summed E-state index contributed by atoms with van der Waals surface area (Å²) in [4.78, 5) is 15.1. The molecule has 1 aromatic carbocycles. The van der Waals surface area contributed by atoms with Gasteiger partial charge in [-0.25, -0.2) is 0 Å². The lowest BCUT2D eigenvalue weighted by Gasteiger charge is -2.27. The van der Waals surface area contributed by atoms with Crippen LogP contribution in [0.15, 0.2) is 46.2 Å². The Morgan fingerprint density at radius 1 is 1.16 bits per heavy atom. The molecule has 1 atom stereocenters. The average Bonchev–Trinajstić information content (AvgIpc) is 3.56. The number of carbonyl (C=O) groups is 1. The highest BCUT2D eigenvalue weighted by atomic mass is 32.2. The summed E-state index contributed by atoms with van der Waals surface area (Å²) in [5.74, 6) is 2.84. The Morgan fingerprint density at radius 3 is 2.81 bits per heavy atom. The van der Waals surface area contributed by atoms with Gasteiger partial charge in [-0.1, -0.05) is 11.8 Å². The molecule has 3 aromatic rings. The van der Waals surface area contributed by atoms with Crippen molar-refractivity contribution in [2.45, 2.75) is 43.1 Å². The smallest absolute Gasteiger partial charge is 0.237 e. The molecule has 0 radical (unpaired) electrons. The minimum Gasteiger partial charge on any atom is -0.467 e. The molecule has 1 fully saturated rings. The van der Waals surface area contributed by atoms with E-state index in [0.29, 0.717) is 28.9 Å². The van der Waals surface area contributed by atoms with Crippen molar-refractivity contribution in [1.82, 2.24) is 14.8 Å². The second-order valence-corrected chi connectivity index (χ2v) is 9.12. The summed E-state index contributed by atoms with van der Waals surface area (Å²) in [6, 6.07) is 9.17. The molecule has 0 saturated carbocycles. The fraction of sp³-hybridized carbons (Fsp3) is 0.409. The maximum atomic E-state index is 12.9. The molecule has 32 heavy (non-hydrogen) atoms. The lowest BCUT2D eigenvalue weighted by molar-refractivity contribution is -0.115. The van der Waals surface area contributed by atoms with Crippen LogP contribution in [-0.2, 0) is 11.3 Å². The van der Waals surface area contributed by atoms with Crippen LogP contribution in [0.5, 0.6) is 11.5 Å². The van der Waals surface area contributed by atoms with Crippen LogP contribution in [0.4, 0.5) is 11.6 Å². The standard InChI is InChI=1S/C22H25N5O4S/c1-15(20(28)23-16-7-8-18-19(12-16)31-14-30-18)32-22-25-24-21(26-9-3-2-4-10-26)27(22)13-17-6-5-11-29-17/h5-8,11-12,15H,2-4,9-10,13-14H2,1H3,(H,23,28). The molecule has 5 rings (SSSR count). The molecular formula is C22H25N5O4S. The van der Waals surface area contributed by atoms with E-state index in [4.69, 9.17) is 13.9 Å². The van der Waals surface area contributed by atoms with Gasteiger partial charge in [-0.2, -0.15) is 0 Å². The van der Waals surface area contributed by atoms with Gasteiger partial charge in [0.05, 0.1) is 18.1 Å². The first-order valence-electron chi connectivity index (χ1n) is 10.7. The zero-order valence-corrected chi connectivity index (χ0v) is 18.6. The third-order valence-corrected chi connectivity index (χ3v) is 6.60. The van der Waals surface area contributed by atoms with Crippen LogP contribution in [0.1, 0.15) is 31.9 Å². The number of carbonyl (C=O) groups excluding carboxylic acids is 1. The van der Waals surface area contributed by atoms with Gasteiger partial charge in [-0.15, -0.1) is 10.2 Å². The van der Waals surface area contributed by atoms with Crippen LogP contribution in [-0.4, -0.2) is 45.8 Å². The van der Waals surface area contributed by atoms with Gasteiger partial charge in [-0.3, -0.25) is 9.36 Å². The minimum atomic E-state index is -0.380. The van der Waals surface area contributed by atoms with Gasteiger partial charge in [-0.05, 0) is 50.5 Å². The molecule has 2 aromatic heterocycles. The number of thioether (sulfide) groups is 1. The fourth-order valence-electron chi connectivity index (χ4n) is 3.82. The van der Waals surface area contributed by atoms with E-state index in [0.717, 1.165) is 37.6 Å². The quantitative estimate of drug-likeness (QED) is 0.538. The highest BCUT2D eigenvalue weighted by Crippen LogP contribution is 2.35. The highest BCUT2D eigenvalue weighted by Gasteiger charge is 2.25. The molecule has 10 heteroatoms. The van der Waals surface area contributed by atoms with Crippen molar-refractivity contribution >= 4 is 29.3 Å². The van der Waals surface area contributed by atoms with Crippen molar-refractivity contribution in [1.29, 1.82) is 0 Å². The van der Waals surface area contributed by atoms with E-state index in [9.17, 15) is 4.79 Å². The number of aromatic nitrogens is 3. The average molecular weight is 456 g/mol. The van der Waals surface area contributed by atoms with Crippen molar-refractivity contribution in [2.75, 3.05) is 30.1 Å². The fourth-order valence-corrected chi connectivity index (χ4v) is 4.67. The van der Waals surface area contributed by atoms with Gasteiger partial charge in [0.1, 0.15) is 5.76 Å². The van der Waals surface area contributed by atoms with E-state index in [1.807, 2.05) is 23.6 Å².